The lowest BCUT2D eigenvalue weighted by molar-refractivity contribution is 0.449. The van der Waals surface area contributed by atoms with E-state index in [1.165, 1.54) is 13.0 Å². The first kappa shape index (κ1) is 13.7. The van der Waals surface area contributed by atoms with Crippen LogP contribution in [0.15, 0.2) is 27.5 Å². The molecule has 7 nitrogen and oxygen atoms in total. The second kappa shape index (κ2) is 4.44. The first-order valence-corrected chi connectivity index (χ1v) is 8.08. The molecule has 0 aliphatic carbocycles. The predicted octanol–water partition coefficient (Wildman–Crippen LogP) is 0.364. The summed E-state index contributed by atoms with van der Waals surface area (Å²) in [6, 6.07) is 4.12. The highest BCUT2D eigenvalue weighted by Crippen LogP contribution is 2.36. The molecule has 1 aromatic rings. The molecule has 0 bridgehead atoms. The lowest BCUT2D eigenvalue weighted by atomic mass is 10.1. The molecule has 0 N–H and O–H groups in total. The lowest BCUT2D eigenvalue weighted by Gasteiger charge is -2.23. The highest BCUT2D eigenvalue weighted by molar-refractivity contribution is 7.90. The van der Waals surface area contributed by atoms with Crippen LogP contribution in [0.25, 0.3) is 0 Å². The van der Waals surface area contributed by atoms with Crippen LogP contribution >= 0.6 is 0 Å². The van der Waals surface area contributed by atoms with Gasteiger partial charge in [-0.15, -0.1) is 0 Å². The molecule has 1 aliphatic rings. The summed E-state index contributed by atoms with van der Waals surface area (Å²) in [6.07, 6.45) is 1.06. The molecule has 0 fully saturated rings. The number of hydrogen-bond donors (Lipinski definition) is 0. The molecule has 1 aromatic carbocycles. The van der Waals surface area contributed by atoms with Gasteiger partial charge in [-0.05, 0) is 25.0 Å². The molecule has 0 saturated heterocycles. The highest BCUT2D eigenvalue weighted by Gasteiger charge is 2.34. The average molecular weight is 303 g/mol. The molecule has 0 amide bonds. The second-order valence-corrected chi connectivity index (χ2v) is 7.52. The zero-order valence-electron chi connectivity index (χ0n) is 9.73. The minimum atomic E-state index is -4.31. The molecule has 1 atom stereocenters. The van der Waals surface area contributed by atoms with Crippen LogP contribution in [0, 0.1) is 0 Å². The monoisotopic (exact) mass is 303 g/mol. The summed E-state index contributed by atoms with van der Waals surface area (Å²) in [6.45, 7) is 1.46. The van der Waals surface area contributed by atoms with Crippen molar-refractivity contribution in [2.75, 3.05) is 0 Å². The van der Waals surface area contributed by atoms with Crippen molar-refractivity contribution in [2.24, 2.45) is 4.40 Å². The highest BCUT2D eigenvalue weighted by atomic mass is 32.2. The average Bonchev–Trinajstić information content (AvgIpc) is 2.29. The van der Waals surface area contributed by atoms with Crippen molar-refractivity contribution in [1.82, 2.24) is 0 Å². The van der Waals surface area contributed by atoms with Gasteiger partial charge in [0.15, 0.2) is 5.75 Å². The first-order valence-electron chi connectivity index (χ1n) is 5.17. The molecule has 19 heavy (non-hydrogen) atoms. The summed E-state index contributed by atoms with van der Waals surface area (Å²) >= 11 is 0. The van der Waals surface area contributed by atoms with E-state index in [0.717, 1.165) is 12.1 Å². The third kappa shape index (κ3) is 2.40. The minimum Gasteiger partial charge on any atom is -0.380 e. The Kier molecular flexibility index (Phi) is 3.21. The Bertz CT molecular complexity index is 774. The molecule has 1 aliphatic heterocycles. The lowest BCUT2D eigenvalue weighted by Crippen LogP contribution is -2.30. The van der Waals surface area contributed by atoms with Crippen LogP contribution in [0.5, 0.6) is 5.75 Å². The summed E-state index contributed by atoms with van der Waals surface area (Å²) in [4.78, 5) is 9.66. The van der Waals surface area contributed by atoms with Crippen LogP contribution in [0.2, 0.25) is 0 Å². The number of fused-ring (bicyclic) bond motifs is 1. The molecule has 9 heteroatoms. The van der Waals surface area contributed by atoms with Crippen LogP contribution in [0.1, 0.15) is 12.5 Å². The molecule has 0 spiro atoms. The Balaban J connectivity index is 2.70. The third-order valence-corrected chi connectivity index (χ3v) is 5.44. The molecular formula is C10H9NO6S2. The van der Waals surface area contributed by atoms with Crippen molar-refractivity contribution in [1.29, 1.82) is 0 Å². The molecule has 0 aromatic heterocycles. The zero-order valence-corrected chi connectivity index (χ0v) is 11.4. The van der Waals surface area contributed by atoms with Gasteiger partial charge in [-0.2, -0.15) is 16.8 Å². The number of sulfonamides is 1. The van der Waals surface area contributed by atoms with E-state index in [1.54, 1.807) is 6.07 Å². The van der Waals surface area contributed by atoms with Gasteiger partial charge in [0, 0.05) is 0 Å². The van der Waals surface area contributed by atoms with E-state index in [4.69, 9.17) is 4.18 Å². The fourth-order valence-corrected chi connectivity index (χ4v) is 3.61. The van der Waals surface area contributed by atoms with Crippen molar-refractivity contribution in [3.63, 3.8) is 0 Å². The van der Waals surface area contributed by atoms with E-state index in [0.29, 0.717) is 5.56 Å². The zero-order chi connectivity index (χ0) is 14.3. The van der Waals surface area contributed by atoms with Crippen LogP contribution in [0.4, 0.5) is 0 Å². The van der Waals surface area contributed by atoms with E-state index in [1.807, 2.05) is 0 Å². The van der Waals surface area contributed by atoms with Crippen molar-refractivity contribution >= 4 is 26.2 Å². The largest absolute Gasteiger partial charge is 0.380 e. The van der Waals surface area contributed by atoms with Gasteiger partial charge in [0.2, 0.25) is 0 Å². The van der Waals surface area contributed by atoms with Crippen LogP contribution < -0.4 is 4.18 Å². The molecule has 1 unspecified atom stereocenters. The van der Waals surface area contributed by atoms with Gasteiger partial charge >= 0.3 is 10.1 Å². The van der Waals surface area contributed by atoms with Gasteiger partial charge in [0.1, 0.15) is 4.90 Å². The summed E-state index contributed by atoms with van der Waals surface area (Å²) in [5.41, 5.74) is 0.435. The molecule has 0 radical (unpaired) electrons. The first-order chi connectivity index (χ1) is 8.78. The molecule has 1 heterocycles. The quantitative estimate of drug-likeness (QED) is 0.443. The number of nitrogens with zero attached hydrogens (tertiary/aromatic N) is 1. The Labute approximate surface area is 110 Å². The van der Waals surface area contributed by atoms with Crippen molar-refractivity contribution in [3.8, 4) is 5.75 Å². The van der Waals surface area contributed by atoms with Crippen LogP contribution in [-0.4, -0.2) is 28.2 Å². The maximum Gasteiger partial charge on any atom is 0.312 e. The van der Waals surface area contributed by atoms with Crippen LogP contribution in [0.3, 0.4) is 0 Å². The van der Waals surface area contributed by atoms with Gasteiger partial charge in [-0.25, -0.2) is 4.79 Å². The number of para-hydroxylation sites is 1. The maximum absolute atomic E-state index is 11.7. The minimum absolute atomic E-state index is 0.131. The van der Waals surface area contributed by atoms with Crippen molar-refractivity contribution < 1.29 is 25.8 Å². The molecule has 0 saturated carbocycles. The number of carbonyl (C=O) groups excluding carboxylic acids is 1. The van der Waals surface area contributed by atoms with Gasteiger partial charge in [0.05, 0.1) is 5.25 Å². The van der Waals surface area contributed by atoms with E-state index >= 15 is 0 Å². The summed E-state index contributed by atoms with van der Waals surface area (Å²) in [7, 11) is -8.18. The van der Waals surface area contributed by atoms with Crippen molar-refractivity contribution in [3.05, 3.63) is 23.8 Å². The molecule has 2 rings (SSSR count). The van der Waals surface area contributed by atoms with Crippen LogP contribution in [-0.2, 0) is 31.4 Å². The Morgan fingerprint density at radius 3 is 2.74 bits per heavy atom. The Hall–Kier alpha value is -1.70. The maximum atomic E-state index is 11.7. The second-order valence-electron chi connectivity index (χ2n) is 3.99. The van der Waals surface area contributed by atoms with Crippen molar-refractivity contribution in [2.45, 2.75) is 23.5 Å². The van der Waals surface area contributed by atoms with E-state index < -0.39 is 30.3 Å². The smallest absolute Gasteiger partial charge is 0.312 e. The van der Waals surface area contributed by atoms with Gasteiger partial charge in [-0.1, -0.05) is 16.5 Å². The fraction of sp³-hybridized carbons (Fsp3) is 0.300. The van der Waals surface area contributed by atoms with Gasteiger partial charge in [-0.3, -0.25) is 0 Å². The summed E-state index contributed by atoms with van der Waals surface area (Å²) < 4.78 is 54.2. The number of rotatable bonds is 2. The predicted molar refractivity (Wildman–Crippen MR) is 64.5 cm³/mol. The Morgan fingerprint density at radius 2 is 2.11 bits per heavy atom. The SMILES string of the molecule is CC1Cc2cccc(S(=O)(=O)N=C=O)c2OS1(=O)=O. The van der Waals surface area contributed by atoms with Gasteiger partial charge < -0.3 is 4.18 Å². The number of isocyanates is 1. The van der Waals surface area contributed by atoms with E-state index in [-0.39, 0.29) is 12.2 Å². The third-order valence-electron chi connectivity index (χ3n) is 2.70. The summed E-state index contributed by atoms with van der Waals surface area (Å²) in [5.74, 6) is -0.292. The topological polar surface area (TPSA) is 107 Å². The van der Waals surface area contributed by atoms with Gasteiger partial charge in [0.25, 0.3) is 16.1 Å². The van der Waals surface area contributed by atoms with E-state index in [2.05, 4.69) is 4.40 Å². The standard InChI is InChI=1S/C10H9NO6S2/c1-7-5-8-3-2-4-9(18(13,14)11-6-12)10(8)17-19(7,15)16/h2-4,7H,5H2,1H3. The number of hydrogen-bond acceptors (Lipinski definition) is 6. The number of benzene rings is 1. The molecular weight excluding hydrogens is 294 g/mol. The molecule has 102 valence electrons. The fourth-order valence-electron chi connectivity index (χ4n) is 1.73. The van der Waals surface area contributed by atoms with E-state index in [9.17, 15) is 21.6 Å². The Morgan fingerprint density at radius 1 is 1.42 bits per heavy atom. The summed E-state index contributed by atoms with van der Waals surface area (Å²) in [5, 5.41) is -0.771. The normalized spacial score (nSPS) is 20.8.